The Balaban J connectivity index is 2.30. The summed E-state index contributed by atoms with van der Waals surface area (Å²) in [5, 5.41) is 2.06. The van der Waals surface area contributed by atoms with Crippen molar-refractivity contribution >= 4 is 27.8 Å². The second-order valence-electron chi connectivity index (χ2n) is 4.76. The molecule has 0 bridgehead atoms. The van der Waals surface area contributed by atoms with E-state index in [1.807, 2.05) is 24.3 Å². The van der Waals surface area contributed by atoms with Crippen molar-refractivity contribution in [1.29, 1.82) is 0 Å². The van der Waals surface area contributed by atoms with E-state index in [-0.39, 0.29) is 0 Å². The van der Waals surface area contributed by atoms with Crippen LogP contribution in [0.2, 0.25) is 0 Å². The zero-order chi connectivity index (χ0) is 14.8. The van der Waals surface area contributed by atoms with Gasteiger partial charge in [-0.15, -0.1) is 6.58 Å². The minimum Gasteiger partial charge on any atom is -0.461 e. The molecule has 3 rings (SSSR count). The second-order valence-corrected chi connectivity index (χ2v) is 4.76. The van der Waals surface area contributed by atoms with Gasteiger partial charge in [-0.1, -0.05) is 24.3 Å². The van der Waals surface area contributed by atoms with E-state index in [9.17, 15) is 4.79 Å². The van der Waals surface area contributed by atoms with Crippen LogP contribution >= 0.6 is 0 Å². The van der Waals surface area contributed by atoms with E-state index < -0.39 is 5.97 Å². The lowest BCUT2D eigenvalue weighted by Crippen LogP contribution is -2.08. The molecule has 0 saturated heterocycles. The summed E-state index contributed by atoms with van der Waals surface area (Å²) in [6, 6.07) is 9.79. The number of ether oxygens (including phenoxy) is 1. The number of carbonyl (C=O) groups excluding carboxylic acids is 1. The van der Waals surface area contributed by atoms with E-state index in [1.54, 1.807) is 19.1 Å². The highest BCUT2D eigenvalue weighted by Gasteiger charge is 2.15. The number of hydrogen-bond acceptors (Lipinski definition) is 3. The molecular weight excluding hydrogens is 264 g/mol. The topological polar surface area (TPSA) is 55.0 Å². The summed E-state index contributed by atoms with van der Waals surface area (Å²) >= 11 is 0. The van der Waals surface area contributed by atoms with Crippen LogP contribution in [0.25, 0.3) is 21.8 Å². The smallest absolute Gasteiger partial charge is 0.356 e. The van der Waals surface area contributed by atoms with Crippen LogP contribution in [0.15, 0.2) is 43.0 Å². The van der Waals surface area contributed by atoms with E-state index in [0.29, 0.717) is 18.7 Å². The Hall–Kier alpha value is -2.62. The fourth-order valence-corrected chi connectivity index (χ4v) is 2.51. The SMILES string of the molecule is C=CCc1nc(C(=O)OCC)cc2c1[nH]c1ccccc12. The van der Waals surface area contributed by atoms with E-state index in [4.69, 9.17) is 4.74 Å². The fourth-order valence-electron chi connectivity index (χ4n) is 2.51. The largest absolute Gasteiger partial charge is 0.461 e. The number of esters is 1. The maximum atomic E-state index is 12.0. The van der Waals surface area contributed by atoms with E-state index in [0.717, 1.165) is 27.5 Å². The van der Waals surface area contributed by atoms with Crippen molar-refractivity contribution in [3.8, 4) is 0 Å². The lowest BCUT2D eigenvalue weighted by Gasteiger charge is -2.05. The molecule has 1 aromatic carbocycles. The summed E-state index contributed by atoms with van der Waals surface area (Å²) < 4.78 is 5.06. The van der Waals surface area contributed by atoms with Crippen LogP contribution in [0, 0.1) is 0 Å². The van der Waals surface area contributed by atoms with Gasteiger partial charge in [-0.2, -0.15) is 0 Å². The number of aromatic nitrogens is 2. The van der Waals surface area contributed by atoms with Gasteiger partial charge in [0.15, 0.2) is 0 Å². The molecule has 0 amide bonds. The molecule has 0 aliphatic rings. The highest BCUT2D eigenvalue weighted by molar-refractivity contribution is 6.09. The highest BCUT2D eigenvalue weighted by atomic mass is 16.5. The Morgan fingerprint density at radius 2 is 2.19 bits per heavy atom. The first-order valence-corrected chi connectivity index (χ1v) is 6.93. The number of benzene rings is 1. The van der Waals surface area contributed by atoms with Gasteiger partial charge in [0, 0.05) is 22.7 Å². The van der Waals surface area contributed by atoms with Crippen LogP contribution in [-0.2, 0) is 11.2 Å². The fraction of sp³-hybridized carbons (Fsp3) is 0.176. The van der Waals surface area contributed by atoms with Crippen molar-refractivity contribution in [3.63, 3.8) is 0 Å². The van der Waals surface area contributed by atoms with Gasteiger partial charge in [0.2, 0.25) is 0 Å². The van der Waals surface area contributed by atoms with Crippen LogP contribution in [0.5, 0.6) is 0 Å². The zero-order valence-corrected chi connectivity index (χ0v) is 11.8. The van der Waals surface area contributed by atoms with Gasteiger partial charge < -0.3 is 9.72 Å². The first-order valence-electron chi connectivity index (χ1n) is 6.93. The number of carbonyl (C=O) groups is 1. The summed E-state index contributed by atoms with van der Waals surface area (Å²) in [7, 11) is 0. The normalized spacial score (nSPS) is 10.9. The van der Waals surface area contributed by atoms with Crippen molar-refractivity contribution in [2.24, 2.45) is 0 Å². The average Bonchev–Trinajstić information content (AvgIpc) is 2.87. The van der Waals surface area contributed by atoms with Crippen molar-refractivity contribution < 1.29 is 9.53 Å². The van der Waals surface area contributed by atoms with Crippen LogP contribution in [0.3, 0.4) is 0 Å². The molecule has 1 N–H and O–H groups in total. The maximum Gasteiger partial charge on any atom is 0.356 e. The molecular formula is C17H16N2O2. The van der Waals surface area contributed by atoms with E-state index >= 15 is 0 Å². The van der Waals surface area contributed by atoms with E-state index in [1.165, 1.54) is 0 Å². The van der Waals surface area contributed by atoms with Gasteiger partial charge in [0.1, 0.15) is 5.69 Å². The number of allylic oxidation sites excluding steroid dienone is 1. The van der Waals surface area contributed by atoms with Crippen LogP contribution < -0.4 is 0 Å². The molecule has 4 heteroatoms. The molecule has 21 heavy (non-hydrogen) atoms. The minimum absolute atomic E-state index is 0.337. The maximum absolute atomic E-state index is 12.0. The summed E-state index contributed by atoms with van der Waals surface area (Å²) in [5.74, 6) is -0.394. The van der Waals surface area contributed by atoms with Gasteiger partial charge in [-0.05, 0) is 19.1 Å². The summed E-state index contributed by atoms with van der Waals surface area (Å²) in [5.41, 5.74) is 3.12. The molecule has 3 aromatic rings. The lowest BCUT2D eigenvalue weighted by atomic mass is 10.1. The van der Waals surface area contributed by atoms with Crippen LogP contribution in [0.1, 0.15) is 23.1 Å². The quantitative estimate of drug-likeness (QED) is 0.586. The highest BCUT2D eigenvalue weighted by Crippen LogP contribution is 2.28. The summed E-state index contributed by atoms with van der Waals surface area (Å²) in [4.78, 5) is 19.8. The third-order valence-corrected chi connectivity index (χ3v) is 3.39. The molecule has 0 spiro atoms. The predicted octanol–water partition coefficient (Wildman–Crippen LogP) is 3.62. The molecule has 0 atom stereocenters. The molecule has 4 nitrogen and oxygen atoms in total. The standard InChI is InChI=1S/C17H16N2O2/c1-3-7-14-16-12(10-15(18-14)17(20)21-4-2)11-8-5-6-9-13(11)19-16/h3,5-6,8-10,19H,1,4,7H2,2H3. The first kappa shape index (κ1) is 13.4. The second kappa shape index (κ2) is 5.40. The predicted molar refractivity (Wildman–Crippen MR) is 83.5 cm³/mol. The van der Waals surface area contributed by atoms with Crippen LogP contribution in [-0.4, -0.2) is 22.5 Å². The van der Waals surface area contributed by atoms with Gasteiger partial charge >= 0.3 is 5.97 Å². The average molecular weight is 280 g/mol. The number of H-pyrrole nitrogens is 1. The number of aromatic amines is 1. The third-order valence-electron chi connectivity index (χ3n) is 3.39. The number of para-hydroxylation sites is 1. The molecule has 0 aliphatic carbocycles. The minimum atomic E-state index is -0.394. The number of nitrogens with one attached hydrogen (secondary N) is 1. The van der Waals surface area contributed by atoms with Crippen molar-refractivity contribution in [3.05, 3.63) is 54.4 Å². The summed E-state index contributed by atoms with van der Waals surface area (Å²) in [6.45, 7) is 5.88. The monoisotopic (exact) mass is 280 g/mol. The molecule has 2 aromatic heterocycles. The van der Waals surface area contributed by atoms with E-state index in [2.05, 4.69) is 16.5 Å². The van der Waals surface area contributed by atoms with Crippen molar-refractivity contribution in [2.45, 2.75) is 13.3 Å². The molecule has 0 aliphatic heterocycles. The Morgan fingerprint density at radius 3 is 2.95 bits per heavy atom. The number of hydrogen-bond donors (Lipinski definition) is 1. The molecule has 0 saturated carbocycles. The van der Waals surface area contributed by atoms with Crippen molar-refractivity contribution in [1.82, 2.24) is 9.97 Å². The van der Waals surface area contributed by atoms with Gasteiger partial charge in [0.05, 0.1) is 17.8 Å². The van der Waals surface area contributed by atoms with Gasteiger partial charge in [-0.25, -0.2) is 9.78 Å². The molecule has 0 unspecified atom stereocenters. The third kappa shape index (κ3) is 2.29. The number of rotatable bonds is 4. The Labute approximate surface area is 122 Å². The lowest BCUT2D eigenvalue weighted by molar-refractivity contribution is 0.0519. The Morgan fingerprint density at radius 1 is 1.38 bits per heavy atom. The molecule has 0 fully saturated rings. The number of pyridine rings is 1. The molecule has 106 valence electrons. The summed E-state index contributed by atoms with van der Waals surface area (Å²) in [6.07, 6.45) is 2.37. The van der Waals surface area contributed by atoms with Gasteiger partial charge in [-0.3, -0.25) is 0 Å². The number of fused-ring (bicyclic) bond motifs is 3. The molecule has 0 radical (unpaired) electrons. The number of nitrogens with zero attached hydrogens (tertiary/aromatic N) is 1. The van der Waals surface area contributed by atoms with Crippen LogP contribution in [0.4, 0.5) is 0 Å². The Bertz CT molecular complexity index is 833. The molecule has 2 heterocycles. The zero-order valence-electron chi connectivity index (χ0n) is 11.8. The van der Waals surface area contributed by atoms with Crippen molar-refractivity contribution in [2.75, 3.05) is 6.61 Å². The Kier molecular flexibility index (Phi) is 3.44. The van der Waals surface area contributed by atoms with Gasteiger partial charge in [0.25, 0.3) is 0 Å². The first-order chi connectivity index (χ1) is 10.2.